The second-order valence-electron chi connectivity index (χ2n) is 4.07. The van der Waals surface area contributed by atoms with Crippen molar-refractivity contribution in [3.63, 3.8) is 0 Å². The Morgan fingerprint density at radius 3 is 2.69 bits per heavy atom. The maximum atomic E-state index is 11.9. The van der Waals surface area contributed by atoms with Gasteiger partial charge in [-0.15, -0.1) is 0 Å². The lowest BCUT2D eigenvalue weighted by atomic mass is 10.0. The van der Waals surface area contributed by atoms with Crippen LogP contribution in [0.15, 0.2) is 0 Å². The topological polar surface area (TPSA) is 78.9 Å². The summed E-state index contributed by atoms with van der Waals surface area (Å²) in [6.45, 7) is 1.47. The molecular weight excluding hydrogens is 212 g/mol. The second-order valence-corrected chi connectivity index (χ2v) is 4.07. The van der Waals surface area contributed by atoms with E-state index in [4.69, 9.17) is 9.84 Å². The Labute approximate surface area is 93.6 Å². The van der Waals surface area contributed by atoms with Crippen LogP contribution in [0.4, 0.5) is 4.79 Å². The monoisotopic (exact) mass is 228 g/mol. The number of imide groups is 1. The van der Waals surface area contributed by atoms with Crippen LogP contribution in [0.1, 0.15) is 19.3 Å². The van der Waals surface area contributed by atoms with Gasteiger partial charge in [-0.05, 0) is 25.9 Å². The molecule has 90 valence electrons. The first-order chi connectivity index (χ1) is 7.74. The molecule has 6 heteroatoms. The maximum Gasteiger partial charge on any atom is 0.417 e. The molecule has 0 saturated carbocycles. The van der Waals surface area contributed by atoms with Crippen LogP contribution in [-0.2, 0) is 9.53 Å². The first kappa shape index (κ1) is 11.3. The van der Waals surface area contributed by atoms with Crippen molar-refractivity contribution < 1.29 is 19.4 Å². The quantitative estimate of drug-likeness (QED) is 0.678. The number of nitrogens with zero attached hydrogens (tertiary/aromatic N) is 1. The lowest BCUT2D eigenvalue weighted by Crippen LogP contribution is -2.46. The third-order valence-corrected chi connectivity index (χ3v) is 3.02. The van der Waals surface area contributed by atoms with Crippen LogP contribution in [0.2, 0.25) is 0 Å². The van der Waals surface area contributed by atoms with Gasteiger partial charge in [0, 0.05) is 19.1 Å². The van der Waals surface area contributed by atoms with E-state index in [1.807, 2.05) is 0 Å². The number of aliphatic hydroxyl groups excluding tert-OH is 1. The standard InChI is InChI=1S/C10H16N2O4/c13-6-3-8-9(14)12(10(15)16-8)7-1-4-11-5-2-7/h7-8,11,13H,1-6H2. The van der Waals surface area contributed by atoms with Crippen molar-refractivity contribution >= 4 is 12.0 Å². The molecule has 2 heterocycles. The molecule has 0 aromatic heterocycles. The van der Waals surface area contributed by atoms with E-state index in [1.54, 1.807) is 0 Å². The molecule has 0 spiro atoms. The Bertz CT molecular complexity index is 289. The lowest BCUT2D eigenvalue weighted by molar-refractivity contribution is -0.131. The zero-order chi connectivity index (χ0) is 11.5. The van der Waals surface area contributed by atoms with Crippen LogP contribution < -0.4 is 5.32 Å². The predicted octanol–water partition coefficient (Wildman–Crippen LogP) is -0.532. The number of cyclic esters (lactones) is 1. The summed E-state index contributed by atoms with van der Waals surface area (Å²) in [4.78, 5) is 24.6. The van der Waals surface area contributed by atoms with Crippen LogP contribution >= 0.6 is 0 Å². The van der Waals surface area contributed by atoms with Gasteiger partial charge in [-0.1, -0.05) is 0 Å². The average Bonchev–Trinajstić information content (AvgIpc) is 2.56. The molecule has 2 fully saturated rings. The minimum Gasteiger partial charge on any atom is -0.436 e. The molecule has 1 unspecified atom stereocenters. The fourth-order valence-corrected chi connectivity index (χ4v) is 2.17. The van der Waals surface area contributed by atoms with Gasteiger partial charge < -0.3 is 15.2 Å². The first-order valence-electron chi connectivity index (χ1n) is 5.59. The molecule has 2 rings (SSSR count). The maximum absolute atomic E-state index is 11.9. The summed E-state index contributed by atoms with van der Waals surface area (Å²) in [5, 5.41) is 11.9. The summed E-state index contributed by atoms with van der Waals surface area (Å²) >= 11 is 0. The number of hydrogen-bond donors (Lipinski definition) is 2. The Hall–Kier alpha value is -1.14. The number of rotatable bonds is 3. The molecule has 2 saturated heterocycles. The van der Waals surface area contributed by atoms with Crippen LogP contribution in [0.3, 0.4) is 0 Å². The van der Waals surface area contributed by atoms with Crippen molar-refractivity contribution in [3.8, 4) is 0 Å². The van der Waals surface area contributed by atoms with Gasteiger partial charge >= 0.3 is 6.09 Å². The smallest absolute Gasteiger partial charge is 0.417 e. The van der Waals surface area contributed by atoms with Gasteiger partial charge in [0.2, 0.25) is 0 Å². The Kier molecular flexibility index (Phi) is 3.40. The van der Waals surface area contributed by atoms with Crippen molar-refractivity contribution in [3.05, 3.63) is 0 Å². The van der Waals surface area contributed by atoms with Crippen molar-refractivity contribution in [2.75, 3.05) is 19.7 Å². The first-order valence-corrected chi connectivity index (χ1v) is 5.59. The SMILES string of the molecule is O=C1OC(CCO)C(=O)N1C1CCNCC1. The number of aliphatic hydroxyl groups is 1. The molecule has 2 aliphatic rings. The largest absolute Gasteiger partial charge is 0.436 e. The van der Waals surface area contributed by atoms with Crippen molar-refractivity contribution in [1.82, 2.24) is 10.2 Å². The van der Waals surface area contributed by atoms with Gasteiger partial charge in [0.15, 0.2) is 6.10 Å². The molecule has 2 amide bonds. The highest BCUT2D eigenvalue weighted by atomic mass is 16.6. The lowest BCUT2D eigenvalue weighted by Gasteiger charge is -2.28. The van der Waals surface area contributed by atoms with Crippen molar-refractivity contribution in [2.45, 2.75) is 31.4 Å². The molecule has 0 aromatic carbocycles. The van der Waals surface area contributed by atoms with Crippen molar-refractivity contribution in [1.29, 1.82) is 0 Å². The number of nitrogens with one attached hydrogen (secondary N) is 1. The van der Waals surface area contributed by atoms with Crippen LogP contribution in [0.5, 0.6) is 0 Å². The molecule has 0 radical (unpaired) electrons. The van der Waals surface area contributed by atoms with Crippen LogP contribution in [-0.4, -0.2) is 53.8 Å². The number of hydrogen-bond acceptors (Lipinski definition) is 5. The fourth-order valence-electron chi connectivity index (χ4n) is 2.17. The Balaban J connectivity index is 2.03. The van der Waals surface area contributed by atoms with E-state index in [9.17, 15) is 9.59 Å². The summed E-state index contributed by atoms with van der Waals surface area (Å²) in [5.74, 6) is -0.300. The van der Waals surface area contributed by atoms with Gasteiger partial charge in [0.1, 0.15) is 0 Å². The van der Waals surface area contributed by atoms with Gasteiger partial charge in [0.05, 0.1) is 0 Å². The summed E-state index contributed by atoms with van der Waals surface area (Å²) < 4.78 is 4.94. The fraction of sp³-hybridized carbons (Fsp3) is 0.800. The molecule has 16 heavy (non-hydrogen) atoms. The minimum atomic E-state index is -0.785. The molecule has 1 atom stereocenters. The van der Waals surface area contributed by atoms with Gasteiger partial charge in [-0.3, -0.25) is 4.79 Å². The molecular formula is C10H16N2O4. The molecule has 0 bridgehead atoms. The van der Waals surface area contributed by atoms with E-state index in [0.29, 0.717) is 0 Å². The van der Waals surface area contributed by atoms with E-state index in [1.165, 1.54) is 4.90 Å². The minimum absolute atomic E-state index is 0.0510. The second kappa shape index (κ2) is 4.80. The Morgan fingerprint density at radius 2 is 2.06 bits per heavy atom. The number of amides is 2. The van der Waals surface area contributed by atoms with E-state index in [-0.39, 0.29) is 25.0 Å². The Morgan fingerprint density at radius 1 is 1.38 bits per heavy atom. The normalized spacial score (nSPS) is 27.3. The highest BCUT2D eigenvalue weighted by Crippen LogP contribution is 2.22. The van der Waals surface area contributed by atoms with E-state index in [2.05, 4.69) is 5.32 Å². The zero-order valence-electron chi connectivity index (χ0n) is 9.02. The average molecular weight is 228 g/mol. The van der Waals surface area contributed by atoms with Gasteiger partial charge in [-0.25, -0.2) is 9.69 Å². The van der Waals surface area contributed by atoms with E-state index in [0.717, 1.165) is 25.9 Å². The number of carbonyl (C=O) groups excluding carboxylic acids is 2. The van der Waals surface area contributed by atoms with E-state index < -0.39 is 12.2 Å². The highest BCUT2D eigenvalue weighted by Gasteiger charge is 2.43. The summed E-state index contributed by atoms with van der Waals surface area (Å²) in [5.41, 5.74) is 0. The zero-order valence-corrected chi connectivity index (χ0v) is 9.02. The molecule has 2 aliphatic heterocycles. The van der Waals surface area contributed by atoms with Gasteiger partial charge in [0.25, 0.3) is 5.91 Å². The van der Waals surface area contributed by atoms with Gasteiger partial charge in [-0.2, -0.15) is 0 Å². The number of ether oxygens (including phenoxy) is 1. The van der Waals surface area contributed by atoms with Crippen LogP contribution in [0, 0.1) is 0 Å². The molecule has 6 nitrogen and oxygen atoms in total. The third kappa shape index (κ3) is 2.03. The third-order valence-electron chi connectivity index (χ3n) is 3.02. The molecule has 0 aliphatic carbocycles. The van der Waals surface area contributed by atoms with E-state index >= 15 is 0 Å². The highest BCUT2D eigenvalue weighted by molar-refractivity contribution is 6.00. The van der Waals surface area contributed by atoms with Crippen molar-refractivity contribution in [2.24, 2.45) is 0 Å². The summed E-state index contributed by atoms with van der Waals surface area (Å²) in [7, 11) is 0. The summed E-state index contributed by atoms with van der Waals surface area (Å²) in [6, 6.07) is -0.0510. The molecule has 2 N–H and O–H groups in total. The number of carbonyl (C=O) groups is 2. The predicted molar refractivity (Wildman–Crippen MR) is 54.7 cm³/mol. The number of piperidine rings is 1. The summed E-state index contributed by atoms with van der Waals surface area (Å²) in [6.07, 6.45) is 0.383. The molecule has 0 aromatic rings. The van der Waals surface area contributed by atoms with Crippen LogP contribution in [0.25, 0.3) is 0 Å².